The van der Waals surface area contributed by atoms with E-state index in [0.717, 1.165) is 11.5 Å². The third-order valence-electron chi connectivity index (χ3n) is 3.08. The summed E-state index contributed by atoms with van der Waals surface area (Å²) in [6, 6.07) is 6.07. The van der Waals surface area contributed by atoms with Crippen LogP contribution in [0, 0.1) is 4.91 Å². The molecule has 22 heavy (non-hydrogen) atoms. The quantitative estimate of drug-likeness (QED) is 0.752. The number of fused-ring (bicyclic) bond motifs is 1. The Hall–Kier alpha value is -2.87. The summed E-state index contributed by atoms with van der Waals surface area (Å²) < 4.78 is 6.44. The first-order valence-electron chi connectivity index (χ1n) is 6.29. The highest BCUT2D eigenvalue weighted by Gasteiger charge is 2.16. The number of benzene rings is 1. The Balaban J connectivity index is 1.97. The van der Waals surface area contributed by atoms with Crippen molar-refractivity contribution < 1.29 is 4.79 Å². The van der Waals surface area contributed by atoms with Crippen molar-refractivity contribution in [1.29, 1.82) is 0 Å². The molecule has 0 saturated carbocycles. The van der Waals surface area contributed by atoms with Gasteiger partial charge in [-0.05, 0) is 34.9 Å². The molecule has 0 atom stereocenters. The van der Waals surface area contributed by atoms with Crippen molar-refractivity contribution in [3.8, 4) is 0 Å². The normalized spacial score (nSPS) is 10.6. The number of nitrogens with one attached hydrogen (secondary N) is 1. The Morgan fingerprint density at radius 1 is 1.36 bits per heavy atom. The van der Waals surface area contributed by atoms with E-state index >= 15 is 0 Å². The molecule has 0 fully saturated rings. The fourth-order valence-electron chi connectivity index (χ4n) is 2.01. The van der Waals surface area contributed by atoms with Gasteiger partial charge >= 0.3 is 0 Å². The zero-order chi connectivity index (χ0) is 15.7. The first kappa shape index (κ1) is 14.1. The monoisotopic (exact) mass is 314 g/mol. The van der Waals surface area contributed by atoms with Crippen molar-refractivity contribution in [3.05, 3.63) is 57.5 Å². The minimum atomic E-state index is -0.471. The molecule has 7 nitrogen and oxygen atoms in total. The van der Waals surface area contributed by atoms with Crippen LogP contribution in [-0.4, -0.2) is 14.8 Å². The Bertz CT molecular complexity index is 945. The van der Waals surface area contributed by atoms with Crippen molar-refractivity contribution in [2.75, 3.05) is 5.32 Å². The molecule has 1 aromatic carbocycles. The molecule has 8 heteroatoms. The number of aryl methyl sites for hydroxylation is 1. The van der Waals surface area contributed by atoms with Crippen LogP contribution in [0.5, 0.6) is 0 Å². The first-order valence-corrected chi connectivity index (χ1v) is 7.06. The molecule has 0 radical (unpaired) electrons. The maximum absolute atomic E-state index is 12.3. The van der Waals surface area contributed by atoms with Gasteiger partial charge in [0, 0.05) is 30.9 Å². The average molecular weight is 314 g/mol. The van der Waals surface area contributed by atoms with Gasteiger partial charge in [-0.2, -0.15) is 4.37 Å². The zero-order valence-electron chi connectivity index (χ0n) is 11.4. The highest BCUT2D eigenvalue weighted by molar-refractivity contribution is 7.13. The van der Waals surface area contributed by atoms with E-state index in [0.29, 0.717) is 10.1 Å². The summed E-state index contributed by atoms with van der Waals surface area (Å²) >= 11 is 1.10. The van der Waals surface area contributed by atoms with Crippen molar-refractivity contribution in [3.63, 3.8) is 0 Å². The molecule has 1 N–H and O–H groups in total. The van der Waals surface area contributed by atoms with Gasteiger partial charge in [0.05, 0.1) is 4.70 Å². The fraction of sp³-hybridized carbons (Fsp3) is 0.0714. The van der Waals surface area contributed by atoms with Crippen LogP contribution < -0.4 is 10.7 Å². The second kappa shape index (κ2) is 5.49. The van der Waals surface area contributed by atoms with E-state index in [1.165, 1.54) is 18.3 Å². The largest absolute Gasteiger partial charge is 0.355 e. The standard InChI is InChI=1S/C14H10N4O3S/c1-18-5-4-11(19)10(7-18)15-14(20)13-9-3-2-8(16-21)6-12(9)22-17-13/h2-7H,1H3,(H,15,20). The molecule has 0 aliphatic heterocycles. The summed E-state index contributed by atoms with van der Waals surface area (Å²) in [5.41, 5.74) is 0.393. The highest BCUT2D eigenvalue weighted by atomic mass is 32.1. The lowest BCUT2D eigenvalue weighted by Crippen LogP contribution is -2.19. The number of carbonyl (C=O) groups is 1. The van der Waals surface area contributed by atoms with Crippen LogP contribution in [0.25, 0.3) is 10.1 Å². The molecule has 1 amide bonds. The van der Waals surface area contributed by atoms with Crippen molar-refractivity contribution in [2.24, 2.45) is 12.2 Å². The molecule has 2 heterocycles. The highest BCUT2D eigenvalue weighted by Crippen LogP contribution is 2.27. The molecule has 2 aromatic heterocycles. The number of pyridine rings is 1. The number of nitroso groups, excluding NO2 is 1. The van der Waals surface area contributed by atoms with Crippen LogP contribution in [0.3, 0.4) is 0 Å². The lowest BCUT2D eigenvalue weighted by Gasteiger charge is -2.04. The molecule has 3 aromatic rings. The van der Waals surface area contributed by atoms with Crippen molar-refractivity contribution in [1.82, 2.24) is 8.94 Å². The molecule has 0 aliphatic rings. The zero-order valence-corrected chi connectivity index (χ0v) is 12.3. The second-order valence-electron chi connectivity index (χ2n) is 4.65. The number of anilines is 1. The Kier molecular flexibility index (Phi) is 3.51. The lowest BCUT2D eigenvalue weighted by molar-refractivity contribution is 0.102. The maximum Gasteiger partial charge on any atom is 0.276 e. The summed E-state index contributed by atoms with van der Waals surface area (Å²) in [5, 5.41) is 6.02. The van der Waals surface area contributed by atoms with Crippen LogP contribution in [0.2, 0.25) is 0 Å². The number of amides is 1. The minimum absolute atomic E-state index is 0.183. The van der Waals surface area contributed by atoms with E-state index in [2.05, 4.69) is 14.9 Å². The number of aromatic nitrogens is 2. The average Bonchev–Trinajstić information content (AvgIpc) is 2.93. The summed E-state index contributed by atoms with van der Waals surface area (Å²) in [6.45, 7) is 0. The number of hydrogen-bond acceptors (Lipinski definition) is 6. The van der Waals surface area contributed by atoms with Crippen molar-refractivity contribution >= 4 is 38.9 Å². The number of hydrogen-bond donors (Lipinski definition) is 1. The van der Waals surface area contributed by atoms with Gasteiger partial charge in [0.1, 0.15) is 17.1 Å². The van der Waals surface area contributed by atoms with E-state index in [4.69, 9.17) is 0 Å². The van der Waals surface area contributed by atoms with Crippen LogP contribution in [0.4, 0.5) is 11.4 Å². The van der Waals surface area contributed by atoms with E-state index in [9.17, 15) is 14.5 Å². The predicted molar refractivity (Wildman–Crippen MR) is 84.7 cm³/mol. The number of carbonyl (C=O) groups excluding carboxylic acids is 1. The smallest absolute Gasteiger partial charge is 0.276 e. The van der Waals surface area contributed by atoms with Gasteiger partial charge in [0.2, 0.25) is 5.43 Å². The number of rotatable bonds is 3. The number of nitrogens with zero attached hydrogens (tertiary/aromatic N) is 3. The van der Waals surface area contributed by atoms with Crippen LogP contribution >= 0.6 is 11.5 Å². The topological polar surface area (TPSA) is 93.4 Å². The van der Waals surface area contributed by atoms with Gasteiger partial charge in [-0.15, -0.1) is 4.91 Å². The van der Waals surface area contributed by atoms with Gasteiger partial charge in [0.15, 0.2) is 0 Å². The molecule has 0 spiro atoms. The Labute approximate surface area is 128 Å². The third kappa shape index (κ3) is 2.51. The molecule has 3 rings (SSSR count). The van der Waals surface area contributed by atoms with Gasteiger partial charge in [-0.25, -0.2) is 0 Å². The lowest BCUT2D eigenvalue weighted by atomic mass is 10.2. The van der Waals surface area contributed by atoms with Gasteiger partial charge in [-0.1, -0.05) is 0 Å². The van der Waals surface area contributed by atoms with Gasteiger partial charge in [0.25, 0.3) is 5.91 Å². The maximum atomic E-state index is 12.3. The van der Waals surface area contributed by atoms with E-state index < -0.39 is 5.91 Å². The second-order valence-corrected chi connectivity index (χ2v) is 5.45. The van der Waals surface area contributed by atoms with Crippen LogP contribution in [0.15, 0.2) is 46.6 Å². The predicted octanol–water partition coefficient (Wildman–Crippen LogP) is 2.65. The first-order chi connectivity index (χ1) is 10.6. The summed E-state index contributed by atoms with van der Waals surface area (Å²) in [7, 11) is 1.75. The molecule has 110 valence electrons. The summed E-state index contributed by atoms with van der Waals surface area (Å²) in [5.74, 6) is -0.471. The minimum Gasteiger partial charge on any atom is -0.355 e. The molecular weight excluding hydrogens is 304 g/mol. The van der Waals surface area contributed by atoms with E-state index in [-0.39, 0.29) is 22.5 Å². The molecule has 0 bridgehead atoms. The Morgan fingerprint density at radius 3 is 2.95 bits per heavy atom. The summed E-state index contributed by atoms with van der Waals surface area (Å²) in [6.07, 6.45) is 3.13. The van der Waals surface area contributed by atoms with Crippen LogP contribution in [0.1, 0.15) is 10.5 Å². The SMILES string of the molecule is Cn1ccc(=O)c(NC(=O)c2nsc3cc(N=O)ccc23)c1. The van der Waals surface area contributed by atoms with Gasteiger partial charge in [-0.3, -0.25) is 9.59 Å². The van der Waals surface area contributed by atoms with E-state index in [1.54, 1.807) is 29.9 Å². The Morgan fingerprint density at radius 2 is 2.18 bits per heavy atom. The molecule has 0 saturated heterocycles. The van der Waals surface area contributed by atoms with Crippen LogP contribution in [-0.2, 0) is 7.05 Å². The fourth-order valence-corrected chi connectivity index (χ4v) is 2.81. The summed E-state index contributed by atoms with van der Waals surface area (Å²) in [4.78, 5) is 34.6. The van der Waals surface area contributed by atoms with Crippen molar-refractivity contribution in [2.45, 2.75) is 0 Å². The van der Waals surface area contributed by atoms with Gasteiger partial charge < -0.3 is 9.88 Å². The molecular formula is C14H10N4O3S. The third-order valence-corrected chi connectivity index (χ3v) is 3.89. The molecule has 0 aliphatic carbocycles. The van der Waals surface area contributed by atoms with E-state index in [1.807, 2.05) is 0 Å². The molecule has 0 unspecified atom stereocenters.